The lowest BCUT2D eigenvalue weighted by Crippen LogP contribution is -2.60. The highest BCUT2D eigenvalue weighted by Gasteiger charge is 2.48. The van der Waals surface area contributed by atoms with E-state index in [1.807, 2.05) is 23.9 Å². The summed E-state index contributed by atoms with van der Waals surface area (Å²) >= 11 is 6.55. The van der Waals surface area contributed by atoms with Crippen LogP contribution in [0.25, 0.3) is 21.9 Å². The van der Waals surface area contributed by atoms with Gasteiger partial charge < -0.3 is 25.6 Å². The van der Waals surface area contributed by atoms with E-state index in [4.69, 9.17) is 21.3 Å². The molecule has 1 aromatic carbocycles. The minimum Gasteiger partial charge on any atom is -0.478 e. The van der Waals surface area contributed by atoms with Gasteiger partial charge in [-0.2, -0.15) is 10.1 Å². The second-order valence-electron chi connectivity index (χ2n) is 15.0. The third-order valence-corrected chi connectivity index (χ3v) is 11.5. The molecule has 3 atom stereocenters. The molecule has 2 saturated heterocycles. The third kappa shape index (κ3) is 6.90. The van der Waals surface area contributed by atoms with Gasteiger partial charge in [-0.3, -0.25) is 33.7 Å². The summed E-state index contributed by atoms with van der Waals surface area (Å²) in [5.41, 5.74) is 3.51. The Morgan fingerprint density at radius 1 is 1.07 bits per heavy atom. The number of carbonyl (C=O) groups excluding carboxylic acids is 3. The topological polar surface area (TPSA) is 190 Å². The maximum Gasteiger partial charge on any atom is 0.294 e. The van der Waals surface area contributed by atoms with Gasteiger partial charge in [0.1, 0.15) is 10.7 Å². The SMILES string of the molecule is CNC(=O)COc1cc2cc(Nc3nc(N4CC5(CC[C@@H](Nc6ccc7c([C@H]8CCC(=O)NC8=O)nn(C)c7c6)[C@@H](C)C5)C4)ncc3Cl)cnc2n(C)c1=O. The van der Waals surface area contributed by atoms with Crippen molar-refractivity contribution in [1.29, 1.82) is 0 Å². The van der Waals surface area contributed by atoms with Gasteiger partial charge in [0.25, 0.3) is 11.5 Å². The molecule has 3 aliphatic rings. The Kier molecular flexibility index (Phi) is 9.31. The summed E-state index contributed by atoms with van der Waals surface area (Å²) in [6.07, 6.45) is 7.13. The largest absolute Gasteiger partial charge is 0.478 e. The van der Waals surface area contributed by atoms with Crippen LogP contribution in [-0.2, 0) is 28.5 Å². The summed E-state index contributed by atoms with van der Waals surface area (Å²) < 4.78 is 8.67. The van der Waals surface area contributed by atoms with Gasteiger partial charge in [0.05, 0.1) is 35.2 Å². The fourth-order valence-electron chi connectivity index (χ4n) is 8.33. The molecule has 1 spiro atoms. The predicted octanol–water partition coefficient (Wildman–Crippen LogP) is 3.76. The van der Waals surface area contributed by atoms with Crippen LogP contribution in [0.2, 0.25) is 5.02 Å². The monoisotopic (exact) mass is 767 g/mol. The minimum absolute atomic E-state index is 0.0408. The van der Waals surface area contributed by atoms with Crippen LogP contribution in [0.3, 0.4) is 0 Å². The molecule has 55 heavy (non-hydrogen) atoms. The molecule has 4 aromatic heterocycles. The molecule has 286 valence electrons. The van der Waals surface area contributed by atoms with E-state index in [-0.39, 0.29) is 35.5 Å². The van der Waals surface area contributed by atoms with Gasteiger partial charge in [0.2, 0.25) is 17.8 Å². The van der Waals surface area contributed by atoms with Gasteiger partial charge in [-0.25, -0.2) is 9.97 Å². The van der Waals surface area contributed by atoms with Crippen molar-refractivity contribution in [2.24, 2.45) is 25.4 Å². The molecule has 17 heteroatoms. The molecular formula is C38H42ClN11O5. The van der Waals surface area contributed by atoms with Gasteiger partial charge in [-0.05, 0) is 61.9 Å². The quantitative estimate of drug-likeness (QED) is 0.159. The molecule has 1 saturated carbocycles. The lowest BCUT2D eigenvalue weighted by molar-refractivity contribution is -0.134. The van der Waals surface area contributed by atoms with Crippen LogP contribution in [0.15, 0.2) is 47.5 Å². The van der Waals surface area contributed by atoms with Crippen molar-refractivity contribution in [2.45, 2.75) is 51.0 Å². The number of fused-ring (bicyclic) bond motifs is 2. The first-order valence-corrected chi connectivity index (χ1v) is 18.7. The van der Waals surface area contributed by atoms with Crippen LogP contribution in [-0.4, -0.2) is 79.8 Å². The number of hydrogen-bond donors (Lipinski definition) is 4. The molecule has 4 N–H and O–H groups in total. The van der Waals surface area contributed by atoms with Crippen molar-refractivity contribution < 1.29 is 19.1 Å². The fraction of sp³-hybridized carbons (Fsp3) is 0.421. The Balaban J connectivity index is 0.906. The fourth-order valence-corrected chi connectivity index (χ4v) is 8.47. The molecule has 0 bridgehead atoms. The first-order valence-electron chi connectivity index (χ1n) is 18.3. The number of hydrogen-bond acceptors (Lipinski definition) is 12. The van der Waals surface area contributed by atoms with E-state index in [1.165, 1.54) is 11.6 Å². The van der Waals surface area contributed by atoms with Gasteiger partial charge in [-0.15, -0.1) is 0 Å². The van der Waals surface area contributed by atoms with Crippen molar-refractivity contribution in [3.63, 3.8) is 0 Å². The number of nitrogens with one attached hydrogen (secondary N) is 4. The van der Waals surface area contributed by atoms with Crippen LogP contribution in [0.1, 0.15) is 50.6 Å². The predicted molar refractivity (Wildman–Crippen MR) is 208 cm³/mol. The number of aromatic nitrogens is 6. The van der Waals surface area contributed by atoms with E-state index in [1.54, 1.807) is 25.5 Å². The maximum absolute atomic E-state index is 12.8. The number of rotatable bonds is 9. The number of amides is 3. The summed E-state index contributed by atoms with van der Waals surface area (Å²) in [5, 5.41) is 18.6. The molecule has 1 aliphatic carbocycles. The number of imide groups is 1. The molecule has 0 radical (unpaired) electrons. The second-order valence-corrected chi connectivity index (χ2v) is 15.4. The highest BCUT2D eigenvalue weighted by molar-refractivity contribution is 6.33. The average molecular weight is 768 g/mol. The highest BCUT2D eigenvalue weighted by Crippen LogP contribution is 2.48. The first-order chi connectivity index (χ1) is 26.4. The van der Waals surface area contributed by atoms with E-state index in [2.05, 4.69) is 60.3 Å². The van der Waals surface area contributed by atoms with Crippen LogP contribution < -0.4 is 36.5 Å². The number of pyridine rings is 2. The number of anilines is 4. The third-order valence-electron chi connectivity index (χ3n) is 11.2. The summed E-state index contributed by atoms with van der Waals surface area (Å²) in [6.45, 7) is 3.72. The number of carbonyl (C=O) groups is 3. The van der Waals surface area contributed by atoms with E-state index >= 15 is 0 Å². The lowest BCUT2D eigenvalue weighted by Gasteiger charge is -2.55. The lowest BCUT2D eigenvalue weighted by atomic mass is 9.64. The number of likely N-dealkylation sites (N-methyl/N-ethyl adjacent to an activating group) is 1. The standard InChI is InChI=1S/C38H42ClN11O5/c1-20-14-38(10-9-27(20)43-22-5-6-24-28(13-22)49(4)47-32(24)25-7-8-30(51)45-35(25)53)18-50(19-38)37-42-16-26(39)33(46-37)44-23-11-21-12-29(55-17-31(52)40-2)36(54)48(3)34(21)41-15-23/h5-6,11-13,15-16,20,25,27,43H,7-10,14,17-19H2,1-4H3,(H,40,52)(H,42,44,46)(H,45,51,53)/t20-,25+,27+/m0/s1. The number of ether oxygens (including phenoxy) is 1. The van der Waals surface area contributed by atoms with Gasteiger partial charge in [-0.1, -0.05) is 18.5 Å². The Labute approximate surface area is 321 Å². The first kappa shape index (κ1) is 36.2. The van der Waals surface area contributed by atoms with Crippen molar-refractivity contribution >= 4 is 74.4 Å². The number of benzene rings is 1. The van der Waals surface area contributed by atoms with Gasteiger partial charge in [0, 0.05) is 68.6 Å². The smallest absolute Gasteiger partial charge is 0.294 e. The zero-order valence-corrected chi connectivity index (χ0v) is 31.7. The molecule has 2 aliphatic heterocycles. The Morgan fingerprint density at radius 2 is 1.89 bits per heavy atom. The Bertz CT molecular complexity index is 2420. The molecular weight excluding hydrogens is 726 g/mol. The maximum atomic E-state index is 12.8. The molecule has 3 fully saturated rings. The normalized spacial score (nSPS) is 20.7. The summed E-state index contributed by atoms with van der Waals surface area (Å²) in [4.78, 5) is 64.7. The van der Waals surface area contributed by atoms with Crippen LogP contribution >= 0.6 is 11.6 Å². The highest BCUT2D eigenvalue weighted by atomic mass is 35.5. The molecule has 3 amide bonds. The minimum atomic E-state index is -0.433. The van der Waals surface area contributed by atoms with Crippen LogP contribution in [0.4, 0.5) is 23.1 Å². The number of piperidine rings is 1. The average Bonchev–Trinajstić information content (AvgIpc) is 3.47. The van der Waals surface area contributed by atoms with Crippen molar-refractivity contribution in [1.82, 2.24) is 39.9 Å². The molecule has 8 rings (SSSR count). The number of nitrogens with zero attached hydrogens (tertiary/aromatic N) is 7. The van der Waals surface area contributed by atoms with E-state index in [9.17, 15) is 19.2 Å². The summed E-state index contributed by atoms with van der Waals surface area (Å²) in [6, 6.07) is 9.87. The molecule has 0 unspecified atom stereocenters. The molecule has 16 nitrogen and oxygen atoms in total. The van der Waals surface area contributed by atoms with E-state index in [0.29, 0.717) is 64.0 Å². The van der Waals surface area contributed by atoms with Crippen molar-refractivity contribution in [2.75, 3.05) is 42.3 Å². The Hall–Kier alpha value is -5.77. The molecule has 6 heterocycles. The Morgan fingerprint density at radius 3 is 2.65 bits per heavy atom. The van der Waals surface area contributed by atoms with Crippen molar-refractivity contribution in [3.8, 4) is 5.75 Å². The zero-order chi connectivity index (χ0) is 38.6. The summed E-state index contributed by atoms with van der Waals surface area (Å²) in [5.74, 6) is 0.195. The van der Waals surface area contributed by atoms with Crippen molar-refractivity contribution in [3.05, 3.63) is 63.8 Å². The number of halogens is 1. The summed E-state index contributed by atoms with van der Waals surface area (Å²) in [7, 11) is 4.98. The molecule has 5 aromatic rings. The van der Waals surface area contributed by atoms with Gasteiger partial charge >= 0.3 is 0 Å². The van der Waals surface area contributed by atoms with E-state index < -0.39 is 11.5 Å². The van der Waals surface area contributed by atoms with Gasteiger partial charge in [0.15, 0.2) is 18.2 Å². The second kappa shape index (κ2) is 14.1. The zero-order valence-electron chi connectivity index (χ0n) is 31.0. The number of aryl methyl sites for hydroxylation is 2. The van der Waals surface area contributed by atoms with Crippen LogP contribution in [0.5, 0.6) is 5.75 Å². The van der Waals surface area contributed by atoms with Crippen LogP contribution in [0, 0.1) is 11.3 Å². The van der Waals surface area contributed by atoms with E-state index in [0.717, 1.165) is 48.9 Å².